The molecule has 1 unspecified atom stereocenters. The summed E-state index contributed by atoms with van der Waals surface area (Å²) in [6.45, 7) is 3.48. The standard InChI is InChI=1S/C12H15NO2/c1-8(9(2)14)7-10-3-5-11(6-4-10)12(13)15/h3-6,8H,7H2,1-2H3,(H2,13,15). The van der Waals surface area contributed by atoms with Crippen molar-refractivity contribution in [2.75, 3.05) is 0 Å². The molecule has 0 aliphatic carbocycles. The molecule has 1 atom stereocenters. The molecule has 2 N–H and O–H groups in total. The van der Waals surface area contributed by atoms with E-state index in [1.165, 1.54) is 0 Å². The third-order valence-corrected chi connectivity index (χ3v) is 2.47. The van der Waals surface area contributed by atoms with Crippen molar-refractivity contribution in [2.45, 2.75) is 20.3 Å². The predicted molar refractivity (Wildman–Crippen MR) is 58.5 cm³/mol. The molecule has 0 aromatic heterocycles. The zero-order chi connectivity index (χ0) is 11.4. The Morgan fingerprint density at radius 1 is 1.27 bits per heavy atom. The molecule has 0 aliphatic rings. The number of rotatable bonds is 4. The minimum absolute atomic E-state index is 0.0180. The Hall–Kier alpha value is -1.64. The van der Waals surface area contributed by atoms with Crippen molar-refractivity contribution in [1.29, 1.82) is 0 Å². The smallest absolute Gasteiger partial charge is 0.248 e. The second-order valence-corrected chi connectivity index (χ2v) is 3.78. The van der Waals surface area contributed by atoms with Crippen LogP contribution < -0.4 is 5.73 Å². The Morgan fingerprint density at radius 3 is 2.20 bits per heavy atom. The van der Waals surface area contributed by atoms with Crippen LogP contribution in [0.25, 0.3) is 0 Å². The first-order valence-corrected chi connectivity index (χ1v) is 4.90. The summed E-state index contributed by atoms with van der Waals surface area (Å²) in [5, 5.41) is 0. The summed E-state index contributed by atoms with van der Waals surface area (Å²) < 4.78 is 0. The van der Waals surface area contributed by atoms with Gasteiger partial charge in [0.15, 0.2) is 0 Å². The SMILES string of the molecule is CC(=O)C(C)Cc1ccc(C(N)=O)cc1. The fourth-order valence-corrected chi connectivity index (χ4v) is 1.30. The highest BCUT2D eigenvalue weighted by Crippen LogP contribution is 2.10. The highest BCUT2D eigenvalue weighted by Gasteiger charge is 2.08. The van der Waals surface area contributed by atoms with Crippen LogP contribution in [0.2, 0.25) is 0 Å². The lowest BCUT2D eigenvalue weighted by atomic mass is 9.97. The molecular formula is C12H15NO2. The van der Waals surface area contributed by atoms with E-state index in [2.05, 4.69) is 0 Å². The van der Waals surface area contributed by atoms with Gasteiger partial charge in [0.05, 0.1) is 0 Å². The third-order valence-electron chi connectivity index (χ3n) is 2.47. The van der Waals surface area contributed by atoms with E-state index in [1.54, 1.807) is 19.1 Å². The summed E-state index contributed by atoms with van der Waals surface area (Å²) >= 11 is 0. The molecule has 1 amide bonds. The summed E-state index contributed by atoms with van der Waals surface area (Å²) in [5.41, 5.74) is 6.66. The number of benzene rings is 1. The number of amides is 1. The van der Waals surface area contributed by atoms with Gasteiger partial charge in [0.25, 0.3) is 0 Å². The molecule has 3 heteroatoms. The average molecular weight is 205 g/mol. The summed E-state index contributed by atoms with van der Waals surface area (Å²) in [6, 6.07) is 7.04. The highest BCUT2D eigenvalue weighted by atomic mass is 16.1. The van der Waals surface area contributed by atoms with E-state index in [1.807, 2.05) is 19.1 Å². The lowest BCUT2D eigenvalue weighted by Gasteiger charge is -2.07. The first kappa shape index (κ1) is 11.4. The van der Waals surface area contributed by atoms with Crippen molar-refractivity contribution in [3.8, 4) is 0 Å². The van der Waals surface area contributed by atoms with Crippen molar-refractivity contribution < 1.29 is 9.59 Å². The summed E-state index contributed by atoms with van der Waals surface area (Å²) in [7, 11) is 0. The lowest BCUT2D eigenvalue weighted by Crippen LogP contribution is -2.12. The van der Waals surface area contributed by atoms with Crippen LogP contribution in [0.4, 0.5) is 0 Å². The fourth-order valence-electron chi connectivity index (χ4n) is 1.30. The molecule has 0 aliphatic heterocycles. The van der Waals surface area contributed by atoms with Gasteiger partial charge in [0, 0.05) is 11.5 Å². The predicted octanol–water partition coefficient (Wildman–Crippen LogP) is 1.55. The number of carbonyl (C=O) groups is 2. The van der Waals surface area contributed by atoms with E-state index < -0.39 is 5.91 Å². The Kier molecular flexibility index (Phi) is 3.61. The van der Waals surface area contributed by atoms with Gasteiger partial charge in [-0.05, 0) is 31.0 Å². The average Bonchev–Trinajstić information content (AvgIpc) is 2.18. The second kappa shape index (κ2) is 4.73. The van der Waals surface area contributed by atoms with E-state index in [-0.39, 0.29) is 11.7 Å². The topological polar surface area (TPSA) is 60.2 Å². The van der Waals surface area contributed by atoms with Gasteiger partial charge < -0.3 is 5.73 Å². The third kappa shape index (κ3) is 3.20. The van der Waals surface area contributed by atoms with E-state index >= 15 is 0 Å². The van der Waals surface area contributed by atoms with E-state index in [0.29, 0.717) is 12.0 Å². The number of primary amides is 1. The molecule has 0 heterocycles. The van der Waals surface area contributed by atoms with Crippen LogP contribution >= 0.6 is 0 Å². The quantitative estimate of drug-likeness (QED) is 0.810. The van der Waals surface area contributed by atoms with Crippen LogP contribution in [-0.4, -0.2) is 11.7 Å². The molecule has 3 nitrogen and oxygen atoms in total. The summed E-state index contributed by atoms with van der Waals surface area (Å²) in [5.74, 6) is -0.237. The molecule has 0 saturated carbocycles. The first-order chi connectivity index (χ1) is 7.00. The molecule has 15 heavy (non-hydrogen) atoms. The number of nitrogens with two attached hydrogens (primary N) is 1. The van der Waals surface area contributed by atoms with Crippen LogP contribution in [0.5, 0.6) is 0 Å². The van der Waals surface area contributed by atoms with Crippen LogP contribution in [-0.2, 0) is 11.2 Å². The number of hydrogen-bond donors (Lipinski definition) is 1. The minimum atomic E-state index is -0.429. The molecular weight excluding hydrogens is 190 g/mol. The van der Waals surface area contributed by atoms with Crippen LogP contribution in [0.15, 0.2) is 24.3 Å². The van der Waals surface area contributed by atoms with E-state index in [4.69, 9.17) is 5.73 Å². The summed E-state index contributed by atoms with van der Waals surface area (Å²) in [6.07, 6.45) is 0.703. The largest absolute Gasteiger partial charge is 0.366 e. The van der Waals surface area contributed by atoms with Gasteiger partial charge in [-0.15, -0.1) is 0 Å². The Morgan fingerprint density at radius 2 is 1.80 bits per heavy atom. The van der Waals surface area contributed by atoms with Crippen molar-refractivity contribution >= 4 is 11.7 Å². The van der Waals surface area contributed by atoms with E-state index in [0.717, 1.165) is 5.56 Å². The molecule has 1 rings (SSSR count). The van der Waals surface area contributed by atoms with Crippen LogP contribution in [0.1, 0.15) is 29.8 Å². The lowest BCUT2D eigenvalue weighted by molar-refractivity contribution is -0.120. The molecule has 1 aromatic carbocycles. The van der Waals surface area contributed by atoms with Crippen LogP contribution in [0, 0.1) is 5.92 Å². The van der Waals surface area contributed by atoms with E-state index in [9.17, 15) is 9.59 Å². The van der Waals surface area contributed by atoms with Crippen LogP contribution in [0.3, 0.4) is 0 Å². The molecule has 0 bridgehead atoms. The van der Waals surface area contributed by atoms with Crippen molar-refractivity contribution in [2.24, 2.45) is 11.7 Å². The number of carbonyl (C=O) groups excluding carboxylic acids is 2. The maximum atomic E-state index is 11.0. The maximum Gasteiger partial charge on any atom is 0.248 e. The van der Waals surface area contributed by atoms with Gasteiger partial charge in [0.1, 0.15) is 5.78 Å². The van der Waals surface area contributed by atoms with Crippen molar-refractivity contribution in [3.05, 3.63) is 35.4 Å². The Bertz CT molecular complexity index is 368. The van der Waals surface area contributed by atoms with Gasteiger partial charge in [-0.2, -0.15) is 0 Å². The van der Waals surface area contributed by atoms with Gasteiger partial charge in [-0.1, -0.05) is 19.1 Å². The number of Topliss-reactive ketones (excluding diaryl/α,β-unsaturated/α-hetero) is 1. The Balaban J connectivity index is 2.72. The molecule has 0 saturated heterocycles. The highest BCUT2D eigenvalue weighted by molar-refractivity contribution is 5.92. The molecule has 0 fully saturated rings. The van der Waals surface area contributed by atoms with Gasteiger partial charge >= 0.3 is 0 Å². The summed E-state index contributed by atoms with van der Waals surface area (Å²) in [4.78, 5) is 21.9. The second-order valence-electron chi connectivity index (χ2n) is 3.78. The maximum absolute atomic E-state index is 11.0. The molecule has 1 aromatic rings. The number of ketones is 1. The zero-order valence-electron chi connectivity index (χ0n) is 8.99. The number of hydrogen-bond acceptors (Lipinski definition) is 2. The molecule has 0 radical (unpaired) electrons. The monoisotopic (exact) mass is 205 g/mol. The van der Waals surface area contributed by atoms with Gasteiger partial charge in [0.2, 0.25) is 5.91 Å². The molecule has 80 valence electrons. The Labute approximate surface area is 89.3 Å². The zero-order valence-corrected chi connectivity index (χ0v) is 8.99. The van der Waals surface area contributed by atoms with Gasteiger partial charge in [-0.25, -0.2) is 0 Å². The van der Waals surface area contributed by atoms with Crippen molar-refractivity contribution in [1.82, 2.24) is 0 Å². The minimum Gasteiger partial charge on any atom is -0.366 e. The fraction of sp³-hybridized carbons (Fsp3) is 0.333. The molecule has 0 spiro atoms. The normalized spacial score (nSPS) is 12.1. The first-order valence-electron chi connectivity index (χ1n) is 4.90. The van der Waals surface area contributed by atoms with Crippen molar-refractivity contribution in [3.63, 3.8) is 0 Å². The van der Waals surface area contributed by atoms with Gasteiger partial charge in [-0.3, -0.25) is 9.59 Å².